The second kappa shape index (κ2) is 13.0. The van der Waals surface area contributed by atoms with Gasteiger partial charge >= 0.3 is 0 Å². The van der Waals surface area contributed by atoms with Crippen LogP contribution in [0.5, 0.6) is 11.5 Å². The lowest BCUT2D eigenvalue weighted by Gasteiger charge is -2.29. The molecular formula is C34H29N5O6S. The SMILES string of the molecule is O=C1CCC(N2Cc3cc(OCCOCCOc4ccc5nc(-c6ccc(-c7cccnc7)cn6)sc5c4)ccc3C2=O)C(=O)N1. The molecule has 1 atom stereocenters. The van der Waals surface area contributed by atoms with E-state index in [4.69, 9.17) is 19.2 Å². The zero-order chi connectivity index (χ0) is 31.5. The van der Waals surface area contributed by atoms with Crippen molar-refractivity contribution in [2.24, 2.45) is 0 Å². The maximum absolute atomic E-state index is 12.9. The number of nitrogens with zero attached hydrogens (tertiary/aromatic N) is 4. The number of amides is 3. The van der Waals surface area contributed by atoms with Crippen LogP contribution in [0.15, 0.2) is 79.3 Å². The van der Waals surface area contributed by atoms with Gasteiger partial charge in [-0.3, -0.25) is 29.7 Å². The molecule has 0 aliphatic carbocycles. The number of piperidine rings is 1. The standard InChI is InChI=1S/C34H29N5O6S/c40-31-10-9-29(32(41)38-31)39-20-23-16-24(4-6-26(23)34(39)42)44-14-12-43-13-15-45-25-5-8-27-30(17-25)46-33(37-27)28-7-3-22(19-36-28)21-2-1-11-35-18-21/h1-8,11,16-19,29H,9-10,12-15,20H2,(H,38,40,41). The molecule has 0 radical (unpaired) electrons. The number of carbonyl (C=O) groups is 3. The maximum atomic E-state index is 12.9. The summed E-state index contributed by atoms with van der Waals surface area (Å²) in [5, 5.41) is 3.16. The topological polar surface area (TPSA) is 133 Å². The molecule has 2 aliphatic heterocycles. The van der Waals surface area contributed by atoms with E-state index >= 15 is 0 Å². The molecule has 1 unspecified atom stereocenters. The Labute approximate surface area is 268 Å². The van der Waals surface area contributed by atoms with Gasteiger partial charge in [-0.15, -0.1) is 11.3 Å². The Morgan fingerprint density at radius 1 is 0.891 bits per heavy atom. The van der Waals surface area contributed by atoms with Crippen molar-refractivity contribution in [3.8, 4) is 33.3 Å². The van der Waals surface area contributed by atoms with Gasteiger partial charge in [-0.05, 0) is 60.5 Å². The second-order valence-electron chi connectivity index (χ2n) is 10.9. The molecular weight excluding hydrogens is 606 g/mol. The molecule has 232 valence electrons. The predicted molar refractivity (Wildman–Crippen MR) is 170 cm³/mol. The van der Waals surface area contributed by atoms with E-state index in [0.29, 0.717) is 50.7 Å². The number of imide groups is 1. The fourth-order valence-corrected chi connectivity index (χ4v) is 6.48. The van der Waals surface area contributed by atoms with Crippen molar-refractivity contribution in [2.45, 2.75) is 25.4 Å². The van der Waals surface area contributed by atoms with Gasteiger partial charge in [0.1, 0.15) is 35.8 Å². The Balaban J connectivity index is 0.852. The number of nitrogens with one attached hydrogen (secondary N) is 1. The molecule has 3 aromatic heterocycles. The summed E-state index contributed by atoms with van der Waals surface area (Å²) in [6.45, 7) is 1.77. The molecule has 5 aromatic rings. The number of rotatable bonds is 11. The van der Waals surface area contributed by atoms with Crippen LogP contribution in [0.1, 0.15) is 28.8 Å². The van der Waals surface area contributed by atoms with E-state index in [1.165, 1.54) is 4.90 Å². The summed E-state index contributed by atoms with van der Waals surface area (Å²) in [4.78, 5) is 51.6. The zero-order valence-corrected chi connectivity index (χ0v) is 25.5. The summed E-state index contributed by atoms with van der Waals surface area (Å²) in [7, 11) is 0. The van der Waals surface area contributed by atoms with Crippen LogP contribution in [0.3, 0.4) is 0 Å². The quantitative estimate of drug-likeness (QED) is 0.163. The Hall–Kier alpha value is -5.20. The normalized spacial score (nSPS) is 16.0. The molecule has 2 aromatic carbocycles. The molecule has 7 rings (SSSR count). The second-order valence-corrected chi connectivity index (χ2v) is 11.9. The Morgan fingerprint density at radius 2 is 1.70 bits per heavy atom. The first-order chi connectivity index (χ1) is 22.5. The van der Waals surface area contributed by atoms with Crippen molar-refractivity contribution < 1.29 is 28.6 Å². The highest BCUT2D eigenvalue weighted by Gasteiger charge is 2.39. The lowest BCUT2D eigenvalue weighted by molar-refractivity contribution is -0.136. The monoisotopic (exact) mass is 635 g/mol. The van der Waals surface area contributed by atoms with E-state index in [0.717, 1.165) is 43.4 Å². The van der Waals surface area contributed by atoms with Gasteiger partial charge in [-0.1, -0.05) is 12.1 Å². The van der Waals surface area contributed by atoms with Crippen LogP contribution in [0.25, 0.3) is 32.0 Å². The minimum absolute atomic E-state index is 0.210. The van der Waals surface area contributed by atoms with Crippen molar-refractivity contribution in [2.75, 3.05) is 26.4 Å². The van der Waals surface area contributed by atoms with Crippen LogP contribution in [0.4, 0.5) is 0 Å². The number of thiazole rings is 1. The molecule has 1 fully saturated rings. The molecule has 2 aliphatic rings. The minimum Gasteiger partial charge on any atom is -0.491 e. The minimum atomic E-state index is -0.641. The average molecular weight is 636 g/mol. The van der Waals surface area contributed by atoms with Crippen molar-refractivity contribution in [3.05, 3.63) is 90.4 Å². The molecule has 0 saturated carbocycles. The highest BCUT2D eigenvalue weighted by atomic mass is 32.1. The van der Waals surface area contributed by atoms with Gasteiger partial charge in [0.25, 0.3) is 5.91 Å². The van der Waals surface area contributed by atoms with Gasteiger partial charge in [-0.25, -0.2) is 4.98 Å². The average Bonchev–Trinajstić information content (AvgIpc) is 3.65. The van der Waals surface area contributed by atoms with Gasteiger partial charge in [0.05, 0.1) is 29.1 Å². The van der Waals surface area contributed by atoms with Crippen LogP contribution in [-0.2, 0) is 20.9 Å². The van der Waals surface area contributed by atoms with Crippen LogP contribution in [0.2, 0.25) is 0 Å². The molecule has 1 saturated heterocycles. The van der Waals surface area contributed by atoms with E-state index in [2.05, 4.69) is 15.3 Å². The highest BCUT2D eigenvalue weighted by molar-refractivity contribution is 7.21. The van der Waals surface area contributed by atoms with Crippen LogP contribution in [-0.4, -0.2) is 70.0 Å². The number of ether oxygens (including phenoxy) is 3. The molecule has 12 heteroatoms. The molecule has 0 spiro atoms. The van der Waals surface area contributed by atoms with Crippen LogP contribution < -0.4 is 14.8 Å². The van der Waals surface area contributed by atoms with Crippen LogP contribution in [0, 0.1) is 0 Å². The van der Waals surface area contributed by atoms with Gasteiger partial charge in [-0.2, -0.15) is 0 Å². The maximum Gasteiger partial charge on any atom is 0.255 e. The first-order valence-corrected chi connectivity index (χ1v) is 15.7. The summed E-state index contributed by atoms with van der Waals surface area (Å²) < 4.78 is 18.4. The molecule has 5 heterocycles. The van der Waals surface area contributed by atoms with E-state index in [9.17, 15) is 14.4 Å². The number of fused-ring (bicyclic) bond motifs is 2. The summed E-state index contributed by atoms with van der Waals surface area (Å²) in [5.74, 6) is 0.415. The van der Waals surface area contributed by atoms with E-state index < -0.39 is 11.9 Å². The van der Waals surface area contributed by atoms with Gasteiger partial charge < -0.3 is 19.1 Å². The van der Waals surface area contributed by atoms with Gasteiger partial charge in [0, 0.05) is 48.2 Å². The molecule has 1 N–H and O–H groups in total. The predicted octanol–water partition coefficient (Wildman–Crippen LogP) is 4.66. The summed E-state index contributed by atoms with van der Waals surface area (Å²) in [6.07, 6.45) is 5.96. The number of hydrogen-bond acceptors (Lipinski definition) is 10. The van der Waals surface area contributed by atoms with E-state index in [-0.39, 0.29) is 18.2 Å². The number of pyridine rings is 2. The number of carbonyl (C=O) groups excluding carboxylic acids is 3. The Morgan fingerprint density at radius 3 is 2.46 bits per heavy atom. The van der Waals surface area contributed by atoms with E-state index in [1.807, 2.05) is 60.9 Å². The molecule has 46 heavy (non-hydrogen) atoms. The number of aromatic nitrogens is 3. The Kier molecular flexibility index (Phi) is 8.36. The van der Waals surface area contributed by atoms with Gasteiger partial charge in [0.15, 0.2) is 0 Å². The Bertz CT molecular complexity index is 1910. The third-order valence-corrected chi connectivity index (χ3v) is 8.87. The van der Waals surface area contributed by atoms with E-state index in [1.54, 1.807) is 29.7 Å². The number of hydrogen-bond donors (Lipinski definition) is 1. The van der Waals surface area contributed by atoms with Crippen molar-refractivity contribution >= 4 is 39.3 Å². The summed E-state index contributed by atoms with van der Waals surface area (Å²) in [6, 6.07) is 18.4. The third-order valence-electron chi connectivity index (χ3n) is 7.83. The first-order valence-electron chi connectivity index (χ1n) is 14.9. The van der Waals surface area contributed by atoms with Gasteiger partial charge in [0.2, 0.25) is 11.8 Å². The fourth-order valence-electron chi connectivity index (χ4n) is 5.51. The number of benzene rings is 2. The lowest BCUT2D eigenvalue weighted by atomic mass is 10.0. The zero-order valence-electron chi connectivity index (χ0n) is 24.7. The van der Waals surface area contributed by atoms with Crippen molar-refractivity contribution in [1.82, 2.24) is 25.2 Å². The summed E-state index contributed by atoms with van der Waals surface area (Å²) >= 11 is 1.56. The summed E-state index contributed by atoms with van der Waals surface area (Å²) in [5.41, 5.74) is 5.06. The molecule has 3 amide bonds. The van der Waals surface area contributed by atoms with Crippen molar-refractivity contribution in [1.29, 1.82) is 0 Å². The smallest absolute Gasteiger partial charge is 0.255 e. The third kappa shape index (κ3) is 6.30. The fraction of sp³-hybridized carbons (Fsp3) is 0.235. The first kappa shape index (κ1) is 29.5. The van der Waals surface area contributed by atoms with Crippen LogP contribution >= 0.6 is 11.3 Å². The molecule has 11 nitrogen and oxygen atoms in total. The molecule has 0 bridgehead atoms. The van der Waals surface area contributed by atoms with Crippen molar-refractivity contribution in [3.63, 3.8) is 0 Å². The largest absolute Gasteiger partial charge is 0.491 e. The lowest BCUT2D eigenvalue weighted by Crippen LogP contribution is -2.52. The highest BCUT2D eigenvalue weighted by Crippen LogP contribution is 2.33.